The Hall–Kier alpha value is -3.55. The summed E-state index contributed by atoms with van der Waals surface area (Å²) in [5.74, 6) is -1.92. The Morgan fingerprint density at radius 2 is 2.00 bits per heavy atom. The summed E-state index contributed by atoms with van der Waals surface area (Å²) in [5.41, 5.74) is 7.53. The highest BCUT2D eigenvalue weighted by molar-refractivity contribution is 6.00. The first kappa shape index (κ1) is 19.2. The molecule has 1 aromatic carbocycles. The lowest BCUT2D eigenvalue weighted by atomic mass is 9.88. The quantitative estimate of drug-likeness (QED) is 0.472. The number of fused-ring (bicyclic) bond motifs is 1. The third-order valence-electron chi connectivity index (χ3n) is 4.69. The van der Waals surface area contributed by atoms with Crippen molar-refractivity contribution in [2.24, 2.45) is 5.92 Å². The van der Waals surface area contributed by atoms with Gasteiger partial charge in [0.1, 0.15) is 6.04 Å². The van der Waals surface area contributed by atoms with Crippen LogP contribution in [0.5, 0.6) is 0 Å². The van der Waals surface area contributed by atoms with Crippen LogP contribution < -0.4 is 21.7 Å². The van der Waals surface area contributed by atoms with Crippen LogP contribution in [-0.4, -0.2) is 35.0 Å². The van der Waals surface area contributed by atoms with E-state index in [4.69, 9.17) is 5.73 Å². The van der Waals surface area contributed by atoms with Gasteiger partial charge in [0, 0.05) is 24.8 Å². The maximum Gasteiger partial charge on any atom is 0.326 e. The number of carboxylic acids is 1. The largest absolute Gasteiger partial charge is 0.480 e. The molecular formula is C20H22N4O4. The Kier molecular flexibility index (Phi) is 5.49. The van der Waals surface area contributed by atoms with Gasteiger partial charge in [0.05, 0.1) is 17.4 Å². The normalized spacial score (nSPS) is 20.5. The van der Waals surface area contributed by atoms with Crippen LogP contribution in [0.25, 0.3) is 0 Å². The number of allylic oxidation sites excluding steroid dienone is 2. The van der Waals surface area contributed by atoms with Gasteiger partial charge in [0.25, 0.3) is 5.91 Å². The van der Waals surface area contributed by atoms with Crippen LogP contribution in [0.2, 0.25) is 0 Å². The number of benzene rings is 1. The van der Waals surface area contributed by atoms with Gasteiger partial charge in [0.2, 0.25) is 5.91 Å². The summed E-state index contributed by atoms with van der Waals surface area (Å²) in [6.07, 6.45) is 9.89. The summed E-state index contributed by atoms with van der Waals surface area (Å²) in [4.78, 5) is 35.5. The maximum absolute atomic E-state index is 12.6. The monoisotopic (exact) mass is 382 g/mol. The molecule has 0 bridgehead atoms. The van der Waals surface area contributed by atoms with E-state index in [1.165, 1.54) is 25.1 Å². The van der Waals surface area contributed by atoms with Gasteiger partial charge in [-0.05, 0) is 30.0 Å². The van der Waals surface area contributed by atoms with Crippen molar-refractivity contribution in [3.8, 4) is 0 Å². The number of amides is 2. The average Bonchev–Trinajstić information content (AvgIpc) is 3.05. The van der Waals surface area contributed by atoms with Gasteiger partial charge in [-0.2, -0.15) is 0 Å². The van der Waals surface area contributed by atoms with Crippen molar-refractivity contribution in [2.45, 2.75) is 25.4 Å². The summed E-state index contributed by atoms with van der Waals surface area (Å²) in [6, 6.07) is 3.42. The predicted molar refractivity (Wildman–Crippen MR) is 105 cm³/mol. The van der Waals surface area contributed by atoms with Gasteiger partial charge < -0.3 is 26.8 Å². The smallest absolute Gasteiger partial charge is 0.326 e. The highest BCUT2D eigenvalue weighted by Crippen LogP contribution is 2.29. The molecule has 2 aliphatic rings. The lowest BCUT2D eigenvalue weighted by molar-refractivity contribution is -0.139. The summed E-state index contributed by atoms with van der Waals surface area (Å²) in [5, 5.41) is 17.9. The Morgan fingerprint density at radius 3 is 2.71 bits per heavy atom. The molecule has 0 aromatic heterocycles. The molecule has 2 amide bonds. The van der Waals surface area contributed by atoms with E-state index in [1.54, 1.807) is 0 Å². The van der Waals surface area contributed by atoms with E-state index in [0.717, 1.165) is 5.57 Å². The predicted octanol–water partition coefficient (Wildman–Crippen LogP) is 1.40. The van der Waals surface area contributed by atoms with Crippen molar-refractivity contribution in [1.29, 1.82) is 0 Å². The Morgan fingerprint density at radius 1 is 1.25 bits per heavy atom. The van der Waals surface area contributed by atoms with Gasteiger partial charge in [-0.25, -0.2) is 4.79 Å². The van der Waals surface area contributed by atoms with Crippen molar-refractivity contribution in [3.63, 3.8) is 0 Å². The molecule has 3 atom stereocenters. The number of aliphatic carboxylic acids is 1. The number of anilines is 2. The van der Waals surface area contributed by atoms with Crippen LogP contribution in [0.3, 0.4) is 0 Å². The number of hydrogen-bond acceptors (Lipinski definition) is 5. The molecule has 8 nitrogen and oxygen atoms in total. The zero-order chi connectivity index (χ0) is 20.3. The molecule has 3 unspecified atom stereocenters. The Labute approximate surface area is 162 Å². The molecule has 1 aliphatic carbocycles. The van der Waals surface area contributed by atoms with Gasteiger partial charge >= 0.3 is 5.97 Å². The number of hydrogen-bond donors (Lipinski definition) is 5. The van der Waals surface area contributed by atoms with Crippen LogP contribution in [0.1, 0.15) is 23.7 Å². The molecule has 8 heteroatoms. The van der Waals surface area contributed by atoms with Gasteiger partial charge in [-0.1, -0.05) is 24.3 Å². The summed E-state index contributed by atoms with van der Waals surface area (Å²) in [6.45, 7) is 1.33. The SMILES string of the molecule is CC(=O)Nc1cc(C(=O)NC(CC2=CNC3C=CC=CC23)C(=O)O)ccc1N. The lowest BCUT2D eigenvalue weighted by Gasteiger charge is -2.21. The fourth-order valence-corrected chi connectivity index (χ4v) is 3.29. The molecule has 1 aromatic rings. The molecule has 146 valence electrons. The van der Waals surface area contributed by atoms with Gasteiger partial charge in [0.15, 0.2) is 0 Å². The number of nitrogens with two attached hydrogens (primary N) is 1. The second-order valence-electron chi connectivity index (χ2n) is 6.76. The summed E-state index contributed by atoms with van der Waals surface area (Å²) in [7, 11) is 0. The molecule has 0 spiro atoms. The Balaban J connectivity index is 1.72. The van der Waals surface area contributed by atoms with Crippen molar-refractivity contribution >= 4 is 29.2 Å². The van der Waals surface area contributed by atoms with Gasteiger partial charge in [-0.15, -0.1) is 0 Å². The first-order valence-electron chi connectivity index (χ1n) is 8.86. The number of rotatable bonds is 6. The third kappa shape index (κ3) is 4.22. The second-order valence-corrected chi connectivity index (χ2v) is 6.76. The minimum absolute atomic E-state index is 0.0756. The number of carbonyl (C=O) groups is 3. The molecular weight excluding hydrogens is 360 g/mol. The van der Waals surface area contributed by atoms with Crippen molar-refractivity contribution < 1.29 is 19.5 Å². The minimum atomic E-state index is -1.12. The van der Waals surface area contributed by atoms with Crippen LogP contribution in [-0.2, 0) is 9.59 Å². The molecule has 1 aliphatic heterocycles. The topological polar surface area (TPSA) is 134 Å². The van der Waals surface area contributed by atoms with E-state index in [9.17, 15) is 19.5 Å². The summed E-state index contributed by atoms with van der Waals surface area (Å²) >= 11 is 0. The second kappa shape index (κ2) is 7.99. The molecule has 3 rings (SSSR count). The number of carbonyl (C=O) groups excluding carboxylic acids is 2. The molecule has 6 N–H and O–H groups in total. The van der Waals surface area contributed by atoms with Crippen LogP contribution in [0.4, 0.5) is 11.4 Å². The molecule has 0 fully saturated rings. The Bertz CT molecular complexity index is 903. The van der Waals surface area contributed by atoms with E-state index in [0.29, 0.717) is 11.4 Å². The van der Waals surface area contributed by atoms with E-state index >= 15 is 0 Å². The zero-order valence-electron chi connectivity index (χ0n) is 15.3. The van der Waals surface area contributed by atoms with E-state index in [1.807, 2.05) is 30.5 Å². The molecule has 0 radical (unpaired) electrons. The highest BCUT2D eigenvalue weighted by atomic mass is 16.4. The van der Waals surface area contributed by atoms with Crippen molar-refractivity contribution in [3.05, 3.63) is 59.8 Å². The number of nitrogen functional groups attached to an aromatic ring is 1. The average molecular weight is 382 g/mol. The lowest BCUT2D eigenvalue weighted by Crippen LogP contribution is -2.41. The van der Waals surface area contributed by atoms with Gasteiger partial charge in [-0.3, -0.25) is 9.59 Å². The fourth-order valence-electron chi connectivity index (χ4n) is 3.29. The highest BCUT2D eigenvalue weighted by Gasteiger charge is 2.31. The third-order valence-corrected chi connectivity index (χ3v) is 4.69. The first-order valence-corrected chi connectivity index (χ1v) is 8.86. The van der Waals surface area contributed by atoms with Crippen molar-refractivity contribution in [2.75, 3.05) is 11.1 Å². The maximum atomic E-state index is 12.6. The van der Waals surface area contributed by atoms with Crippen LogP contribution >= 0.6 is 0 Å². The minimum Gasteiger partial charge on any atom is -0.480 e. The van der Waals surface area contributed by atoms with E-state index < -0.39 is 17.9 Å². The van der Waals surface area contributed by atoms with Crippen molar-refractivity contribution in [1.82, 2.24) is 10.6 Å². The fraction of sp³-hybridized carbons (Fsp3) is 0.250. The standard InChI is InChI=1S/C20H22N4O4/c1-11(25)23-17-8-12(6-7-15(17)21)19(26)24-18(20(27)28)9-13-10-22-16-5-3-2-4-14(13)16/h2-8,10,14,16,18,22H,9,21H2,1H3,(H,23,25)(H,24,26)(H,27,28). The molecule has 0 saturated heterocycles. The number of nitrogens with one attached hydrogen (secondary N) is 3. The number of carboxylic acid groups (broad SMARTS) is 1. The molecule has 0 saturated carbocycles. The van der Waals surface area contributed by atoms with Crippen LogP contribution in [0.15, 0.2) is 54.3 Å². The first-order chi connectivity index (χ1) is 13.3. The van der Waals surface area contributed by atoms with Crippen LogP contribution in [0, 0.1) is 5.92 Å². The van der Waals surface area contributed by atoms with E-state index in [2.05, 4.69) is 16.0 Å². The van der Waals surface area contributed by atoms with E-state index in [-0.39, 0.29) is 29.9 Å². The molecule has 28 heavy (non-hydrogen) atoms. The summed E-state index contributed by atoms with van der Waals surface area (Å²) < 4.78 is 0. The zero-order valence-corrected chi connectivity index (χ0v) is 15.3. The molecule has 1 heterocycles.